The van der Waals surface area contributed by atoms with Crippen LogP contribution in [0.4, 0.5) is 5.69 Å². The van der Waals surface area contributed by atoms with E-state index < -0.39 is 0 Å². The molecule has 0 aliphatic heterocycles. The maximum Gasteiger partial charge on any atom is 0.255 e. The van der Waals surface area contributed by atoms with Gasteiger partial charge in [0, 0.05) is 43.4 Å². The molecule has 7 heteroatoms. The summed E-state index contributed by atoms with van der Waals surface area (Å²) in [6, 6.07) is 10.5. The van der Waals surface area contributed by atoms with Crippen molar-refractivity contribution < 1.29 is 9.59 Å². The minimum atomic E-state index is -0.197. The van der Waals surface area contributed by atoms with E-state index in [2.05, 4.69) is 20.7 Å². The molecule has 7 nitrogen and oxygen atoms in total. The molecule has 3 rings (SSSR count). The monoisotopic (exact) mass is 335 g/mol. The number of nitrogens with one attached hydrogen (secondary N) is 2. The van der Waals surface area contributed by atoms with E-state index >= 15 is 0 Å². The number of carbonyl (C=O) groups excluding carboxylic acids is 2. The van der Waals surface area contributed by atoms with Crippen molar-refractivity contribution in [2.24, 2.45) is 7.05 Å². The number of rotatable bonds is 5. The third-order valence-corrected chi connectivity index (χ3v) is 3.57. The molecule has 0 radical (unpaired) electrons. The van der Waals surface area contributed by atoms with Crippen molar-refractivity contribution in [3.63, 3.8) is 0 Å². The molecule has 0 spiro atoms. The van der Waals surface area contributed by atoms with E-state index in [0.717, 1.165) is 5.56 Å². The molecule has 3 aromatic rings. The van der Waals surface area contributed by atoms with Crippen molar-refractivity contribution >= 4 is 17.5 Å². The smallest absolute Gasteiger partial charge is 0.255 e. The van der Waals surface area contributed by atoms with Gasteiger partial charge in [-0.2, -0.15) is 5.10 Å². The van der Waals surface area contributed by atoms with Crippen LogP contribution in [-0.2, 0) is 13.6 Å². The van der Waals surface area contributed by atoms with E-state index in [0.29, 0.717) is 23.4 Å². The Morgan fingerprint density at radius 1 is 1.00 bits per heavy atom. The van der Waals surface area contributed by atoms with Crippen molar-refractivity contribution in [2.45, 2.75) is 6.54 Å². The molecule has 2 aromatic heterocycles. The van der Waals surface area contributed by atoms with Crippen LogP contribution >= 0.6 is 0 Å². The summed E-state index contributed by atoms with van der Waals surface area (Å²) in [6.07, 6.45) is 6.40. The largest absolute Gasteiger partial charge is 0.348 e. The molecule has 1 aromatic carbocycles. The molecule has 126 valence electrons. The van der Waals surface area contributed by atoms with Crippen LogP contribution in [0.15, 0.2) is 61.2 Å². The summed E-state index contributed by atoms with van der Waals surface area (Å²) in [7, 11) is 1.76. The fourth-order valence-electron chi connectivity index (χ4n) is 2.24. The number of pyridine rings is 1. The van der Waals surface area contributed by atoms with E-state index in [4.69, 9.17) is 0 Å². The van der Waals surface area contributed by atoms with Crippen molar-refractivity contribution in [2.75, 3.05) is 5.32 Å². The summed E-state index contributed by atoms with van der Waals surface area (Å²) in [6.45, 7) is 0.375. The molecule has 0 bridgehead atoms. The van der Waals surface area contributed by atoms with E-state index in [9.17, 15) is 9.59 Å². The lowest BCUT2D eigenvalue weighted by Crippen LogP contribution is -2.22. The average molecular weight is 335 g/mol. The highest BCUT2D eigenvalue weighted by molar-refractivity contribution is 6.04. The third kappa shape index (κ3) is 4.29. The second-order valence-corrected chi connectivity index (χ2v) is 5.47. The molecule has 2 amide bonds. The molecular formula is C18H17N5O2. The van der Waals surface area contributed by atoms with E-state index in [-0.39, 0.29) is 11.8 Å². The lowest BCUT2D eigenvalue weighted by molar-refractivity contribution is 0.0949. The number of benzene rings is 1. The van der Waals surface area contributed by atoms with Crippen molar-refractivity contribution in [3.05, 3.63) is 77.9 Å². The Kier molecular flexibility index (Phi) is 4.84. The van der Waals surface area contributed by atoms with Gasteiger partial charge in [0.1, 0.15) is 0 Å². The zero-order chi connectivity index (χ0) is 17.6. The van der Waals surface area contributed by atoms with Gasteiger partial charge in [0.2, 0.25) is 0 Å². The number of carbonyl (C=O) groups is 2. The number of amides is 2. The van der Waals surface area contributed by atoms with Crippen LogP contribution in [0.5, 0.6) is 0 Å². The maximum absolute atomic E-state index is 12.2. The highest BCUT2D eigenvalue weighted by atomic mass is 16.2. The van der Waals surface area contributed by atoms with Gasteiger partial charge in [-0.25, -0.2) is 0 Å². The van der Waals surface area contributed by atoms with Crippen LogP contribution in [0.2, 0.25) is 0 Å². The molecule has 0 saturated carbocycles. The standard InChI is InChI=1S/C18H17N5O2/c1-23-12-15(11-21-23)17(24)20-10-13-2-4-14(5-3-13)18(25)22-16-6-8-19-9-7-16/h2-9,11-12H,10H2,1H3,(H,20,24)(H,19,22,25). The Labute approximate surface area is 144 Å². The molecule has 0 saturated heterocycles. The van der Waals surface area contributed by atoms with Crippen LogP contribution in [0.1, 0.15) is 26.3 Å². The number of aromatic nitrogens is 3. The van der Waals surface area contributed by atoms with Gasteiger partial charge in [-0.3, -0.25) is 19.3 Å². The number of nitrogens with zero attached hydrogens (tertiary/aromatic N) is 3. The summed E-state index contributed by atoms with van der Waals surface area (Å²) in [5.74, 6) is -0.384. The van der Waals surface area contributed by atoms with E-state index in [1.807, 2.05) is 12.1 Å². The maximum atomic E-state index is 12.2. The Morgan fingerprint density at radius 3 is 2.36 bits per heavy atom. The normalized spacial score (nSPS) is 10.3. The average Bonchev–Trinajstić information content (AvgIpc) is 3.07. The van der Waals surface area contributed by atoms with Crippen molar-refractivity contribution in [1.82, 2.24) is 20.1 Å². The van der Waals surface area contributed by atoms with Gasteiger partial charge in [-0.15, -0.1) is 0 Å². The molecule has 0 aliphatic carbocycles. The van der Waals surface area contributed by atoms with Crippen LogP contribution in [0, 0.1) is 0 Å². The van der Waals surface area contributed by atoms with Crippen LogP contribution < -0.4 is 10.6 Å². The lowest BCUT2D eigenvalue weighted by atomic mass is 10.1. The first kappa shape index (κ1) is 16.4. The number of hydrogen-bond acceptors (Lipinski definition) is 4. The lowest BCUT2D eigenvalue weighted by Gasteiger charge is -2.07. The number of hydrogen-bond donors (Lipinski definition) is 2. The van der Waals surface area contributed by atoms with Gasteiger partial charge in [0.05, 0.1) is 11.8 Å². The second kappa shape index (κ2) is 7.39. The third-order valence-electron chi connectivity index (χ3n) is 3.57. The second-order valence-electron chi connectivity index (χ2n) is 5.47. The van der Waals surface area contributed by atoms with Gasteiger partial charge in [0.15, 0.2) is 0 Å². The molecule has 0 aliphatic rings. The first-order valence-corrected chi connectivity index (χ1v) is 7.69. The topological polar surface area (TPSA) is 88.9 Å². The summed E-state index contributed by atoms with van der Waals surface area (Å²) >= 11 is 0. The van der Waals surface area contributed by atoms with Crippen LogP contribution in [-0.4, -0.2) is 26.6 Å². The number of aryl methyl sites for hydroxylation is 1. The van der Waals surface area contributed by atoms with Crippen LogP contribution in [0.3, 0.4) is 0 Å². The summed E-state index contributed by atoms with van der Waals surface area (Å²) in [4.78, 5) is 28.0. The zero-order valence-corrected chi connectivity index (χ0v) is 13.6. The molecule has 0 atom stereocenters. The highest BCUT2D eigenvalue weighted by Crippen LogP contribution is 2.09. The highest BCUT2D eigenvalue weighted by Gasteiger charge is 2.08. The minimum absolute atomic E-state index is 0.187. The Morgan fingerprint density at radius 2 is 1.72 bits per heavy atom. The van der Waals surface area contributed by atoms with Crippen molar-refractivity contribution in [1.29, 1.82) is 0 Å². The zero-order valence-electron chi connectivity index (χ0n) is 13.6. The minimum Gasteiger partial charge on any atom is -0.348 e. The predicted molar refractivity (Wildman–Crippen MR) is 93.0 cm³/mol. The van der Waals surface area contributed by atoms with E-state index in [1.54, 1.807) is 54.6 Å². The first-order valence-electron chi connectivity index (χ1n) is 7.69. The molecule has 2 N–H and O–H groups in total. The summed E-state index contributed by atoms with van der Waals surface area (Å²) < 4.78 is 1.57. The predicted octanol–water partition coefficient (Wildman–Crippen LogP) is 2.00. The first-order chi connectivity index (χ1) is 12.1. The summed E-state index contributed by atoms with van der Waals surface area (Å²) in [5, 5.41) is 9.58. The fourth-order valence-corrected chi connectivity index (χ4v) is 2.24. The molecule has 25 heavy (non-hydrogen) atoms. The Hall–Kier alpha value is -3.48. The Bertz CT molecular complexity index is 872. The van der Waals surface area contributed by atoms with E-state index in [1.165, 1.54) is 6.20 Å². The number of anilines is 1. The molecule has 0 unspecified atom stereocenters. The SMILES string of the molecule is Cn1cc(C(=O)NCc2ccc(C(=O)Nc3ccncc3)cc2)cn1. The molecule has 2 heterocycles. The van der Waals surface area contributed by atoms with Gasteiger partial charge in [0.25, 0.3) is 11.8 Å². The fraction of sp³-hybridized carbons (Fsp3) is 0.111. The van der Waals surface area contributed by atoms with Gasteiger partial charge >= 0.3 is 0 Å². The van der Waals surface area contributed by atoms with Gasteiger partial charge < -0.3 is 10.6 Å². The Balaban J connectivity index is 1.56. The summed E-state index contributed by atoms with van der Waals surface area (Å²) in [5.41, 5.74) is 2.64. The quantitative estimate of drug-likeness (QED) is 0.746. The molecule has 0 fully saturated rings. The molecular weight excluding hydrogens is 318 g/mol. The van der Waals surface area contributed by atoms with Crippen molar-refractivity contribution in [3.8, 4) is 0 Å². The van der Waals surface area contributed by atoms with Gasteiger partial charge in [-0.1, -0.05) is 12.1 Å². The van der Waals surface area contributed by atoms with Gasteiger partial charge in [-0.05, 0) is 29.8 Å². The van der Waals surface area contributed by atoms with Crippen LogP contribution in [0.25, 0.3) is 0 Å².